The molecule has 0 saturated heterocycles. The molecule has 0 aliphatic heterocycles. The van der Waals surface area contributed by atoms with Crippen LogP contribution in [0.2, 0.25) is 0 Å². The lowest BCUT2D eigenvalue weighted by Gasteiger charge is -2.11. The Morgan fingerprint density at radius 3 is 2.07 bits per heavy atom. The summed E-state index contributed by atoms with van der Waals surface area (Å²) in [6, 6.07) is 1.18. The summed E-state index contributed by atoms with van der Waals surface area (Å²) in [5.41, 5.74) is 0. The summed E-state index contributed by atoms with van der Waals surface area (Å²) in [6.45, 7) is -4.84. The van der Waals surface area contributed by atoms with Crippen molar-refractivity contribution in [1.82, 2.24) is 0 Å². The molecule has 0 atom stereocenters. The third-order valence-corrected chi connectivity index (χ3v) is 1.42. The standard InChI is InChI=1S/C8H5F5O2/c9-3-14-6-4(10)1-2-5(11)7(6)15-8(12)13/h1-2,8H,3H2. The van der Waals surface area contributed by atoms with E-state index in [1.165, 1.54) is 0 Å². The lowest BCUT2D eigenvalue weighted by molar-refractivity contribution is -0.0547. The van der Waals surface area contributed by atoms with Crippen molar-refractivity contribution in [3.8, 4) is 11.5 Å². The molecular weight excluding hydrogens is 223 g/mol. The Kier molecular flexibility index (Phi) is 3.70. The van der Waals surface area contributed by atoms with Crippen LogP contribution in [0.15, 0.2) is 12.1 Å². The van der Waals surface area contributed by atoms with Crippen LogP contribution in [0.1, 0.15) is 0 Å². The van der Waals surface area contributed by atoms with E-state index in [0.717, 1.165) is 0 Å². The zero-order chi connectivity index (χ0) is 11.4. The number of ether oxygens (including phenoxy) is 2. The summed E-state index contributed by atoms with van der Waals surface area (Å²) in [7, 11) is 0. The average Bonchev–Trinajstić information content (AvgIpc) is 2.17. The predicted octanol–water partition coefficient (Wildman–Crippen LogP) is 2.87. The molecule has 1 aromatic rings. The molecule has 0 N–H and O–H groups in total. The molecular formula is C8H5F5O2. The summed E-state index contributed by atoms with van der Waals surface area (Å²) < 4.78 is 68.8. The highest BCUT2D eigenvalue weighted by atomic mass is 19.3. The van der Waals surface area contributed by atoms with Crippen LogP contribution < -0.4 is 9.47 Å². The van der Waals surface area contributed by atoms with Crippen molar-refractivity contribution in [3.63, 3.8) is 0 Å². The molecule has 0 aromatic heterocycles. The van der Waals surface area contributed by atoms with Gasteiger partial charge in [-0.05, 0) is 12.1 Å². The minimum absolute atomic E-state index is 0.568. The molecule has 0 saturated carbocycles. The smallest absolute Gasteiger partial charge is 0.387 e. The molecule has 2 nitrogen and oxygen atoms in total. The minimum Gasteiger partial charge on any atom is -0.456 e. The Bertz CT molecular complexity index is 342. The van der Waals surface area contributed by atoms with E-state index in [1.807, 2.05) is 0 Å². The van der Waals surface area contributed by atoms with Crippen LogP contribution in [0, 0.1) is 11.6 Å². The zero-order valence-electron chi connectivity index (χ0n) is 7.15. The van der Waals surface area contributed by atoms with Crippen molar-refractivity contribution in [2.75, 3.05) is 6.86 Å². The number of benzene rings is 1. The Hall–Kier alpha value is -1.53. The Labute approximate surface area is 81.2 Å². The lowest BCUT2D eigenvalue weighted by Crippen LogP contribution is -2.07. The van der Waals surface area contributed by atoms with E-state index in [2.05, 4.69) is 9.47 Å². The second kappa shape index (κ2) is 4.81. The first-order valence-electron chi connectivity index (χ1n) is 3.67. The highest BCUT2D eigenvalue weighted by Crippen LogP contribution is 2.34. The monoisotopic (exact) mass is 228 g/mol. The van der Waals surface area contributed by atoms with Gasteiger partial charge in [-0.25, -0.2) is 13.2 Å². The topological polar surface area (TPSA) is 18.5 Å². The number of hydrogen-bond acceptors (Lipinski definition) is 2. The van der Waals surface area contributed by atoms with E-state index in [9.17, 15) is 22.0 Å². The van der Waals surface area contributed by atoms with Crippen LogP contribution >= 0.6 is 0 Å². The second-order valence-corrected chi connectivity index (χ2v) is 2.32. The van der Waals surface area contributed by atoms with Crippen molar-refractivity contribution in [1.29, 1.82) is 0 Å². The molecule has 0 unspecified atom stereocenters. The van der Waals surface area contributed by atoms with Gasteiger partial charge in [-0.1, -0.05) is 0 Å². The van der Waals surface area contributed by atoms with E-state index in [0.29, 0.717) is 12.1 Å². The van der Waals surface area contributed by atoms with Gasteiger partial charge in [-0.2, -0.15) is 8.78 Å². The fourth-order valence-electron chi connectivity index (χ4n) is 0.903. The van der Waals surface area contributed by atoms with E-state index in [4.69, 9.17) is 0 Å². The number of halogens is 5. The summed E-state index contributed by atoms with van der Waals surface area (Å²) >= 11 is 0. The molecule has 0 bridgehead atoms. The first kappa shape index (κ1) is 11.5. The average molecular weight is 228 g/mol. The van der Waals surface area contributed by atoms with Gasteiger partial charge >= 0.3 is 6.61 Å². The Morgan fingerprint density at radius 1 is 1.07 bits per heavy atom. The molecule has 0 heterocycles. The van der Waals surface area contributed by atoms with Crippen molar-refractivity contribution < 1.29 is 31.4 Å². The predicted molar refractivity (Wildman–Crippen MR) is 39.6 cm³/mol. The molecule has 0 radical (unpaired) electrons. The van der Waals surface area contributed by atoms with Gasteiger partial charge in [-0.3, -0.25) is 0 Å². The number of alkyl halides is 3. The van der Waals surface area contributed by atoms with Gasteiger partial charge in [0.1, 0.15) is 0 Å². The van der Waals surface area contributed by atoms with Crippen LogP contribution in [0.5, 0.6) is 11.5 Å². The van der Waals surface area contributed by atoms with Gasteiger partial charge in [-0.15, -0.1) is 0 Å². The van der Waals surface area contributed by atoms with E-state index >= 15 is 0 Å². The molecule has 0 aliphatic rings. The molecule has 1 rings (SSSR count). The molecule has 1 aromatic carbocycles. The van der Waals surface area contributed by atoms with Crippen LogP contribution in [-0.2, 0) is 0 Å². The fourth-order valence-corrected chi connectivity index (χ4v) is 0.903. The van der Waals surface area contributed by atoms with Crippen molar-refractivity contribution in [3.05, 3.63) is 23.8 Å². The third kappa shape index (κ3) is 2.71. The maximum atomic E-state index is 12.9. The molecule has 84 valence electrons. The van der Waals surface area contributed by atoms with Crippen molar-refractivity contribution >= 4 is 0 Å². The largest absolute Gasteiger partial charge is 0.456 e. The Morgan fingerprint density at radius 2 is 1.60 bits per heavy atom. The van der Waals surface area contributed by atoms with Crippen LogP contribution in [0.25, 0.3) is 0 Å². The second-order valence-electron chi connectivity index (χ2n) is 2.32. The summed E-state index contributed by atoms with van der Waals surface area (Å²) in [5.74, 6) is -4.62. The summed E-state index contributed by atoms with van der Waals surface area (Å²) in [6.07, 6.45) is 0. The summed E-state index contributed by atoms with van der Waals surface area (Å²) in [5, 5.41) is 0. The van der Waals surface area contributed by atoms with Gasteiger partial charge in [0.2, 0.25) is 18.4 Å². The minimum atomic E-state index is -3.36. The molecule has 0 fully saturated rings. The first-order chi connectivity index (χ1) is 7.06. The zero-order valence-corrected chi connectivity index (χ0v) is 7.15. The van der Waals surface area contributed by atoms with E-state index < -0.39 is 36.6 Å². The third-order valence-electron chi connectivity index (χ3n) is 1.42. The molecule has 0 spiro atoms. The van der Waals surface area contributed by atoms with Crippen LogP contribution in [-0.4, -0.2) is 13.5 Å². The quantitative estimate of drug-likeness (QED) is 0.737. The van der Waals surface area contributed by atoms with Crippen LogP contribution in [0.3, 0.4) is 0 Å². The maximum absolute atomic E-state index is 12.9. The van der Waals surface area contributed by atoms with E-state index in [1.54, 1.807) is 0 Å². The first-order valence-corrected chi connectivity index (χ1v) is 3.67. The number of hydrogen-bond donors (Lipinski definition) is 0. The van der Waals surface area contributed by atoms with Gasteiger partial charge in [0.15, 0.2) is 11.6 Å². The SMILES string of the molecule is FCOc1c(F)ccc(F)c1OC(F)F. The normalized spacial score (nSPS) is 10.5. The van der Waals surface area contributed by atoms with Crippen LogP contribution in [0.4, 0.5) is 22.0 Å². The summed E-state index contributed by atoms with van der Waals surface area (Å²) in [4.78, 5) is 0. The van der Waals surface area contributed by atoms with Crippen molar-refractivity contribution in [2.24, 2.45) is 0 Å². The molecule has 15 heavy (non-hydrogen) atoms. The lowest BCUT2D eigenvalue weighted by atomic mass is 10.3. The molecule has 0 aliphatic carbocycles. The maximum Gasteiger partial charge on any atom is 0.387 e. The van der Waals surface area contributed by atoms with Gasteiger partial charge in [0.25, 0.3) is 0 Å². The van der Waals surface area contributed by atoms with E-state index in [-0.39, 0.29) is 0 Å². The van der Waals surface area contributed by atoms with Gasteiger partial charge in [0.05, 0.1) is 0 Å². The highest BCUT2D eigenvalue weighted by molar-refractivity contribution is 5.42. The van der Waals surface area contributed by atoms with Gasteiger partial charge < -0.3 is 9.47 Å². The van der Waals surface area contributed by atoms with Crippen molar-refractivity contribution in [2.45, 2.75) is 6.61 Å². The number of rotatable bonds is 4. The highest BCUT2D eigenvalue weighted by Gasteiger charge is 2.20. The molecule has 7 heteroatoms. The Balaban J connectivity index is 3.12. The fraction of sp³-hybridized carbons (Fsp3) is 0.250. The van der Waals surface area contributed by atoms with Gasteiger partial charge in [0, 0.05) is 0 Å². The molecule has 0 amide bonds.